The number of hydrogen-bond donors (Lipinski definition) is 2. The number of anilines is 2. The van der Waals surface area contributed by atoms with Crippen LogP contribution in [0.3, 0.4) is 0 Å². The monoisotopic (exact) mass is 660 g/mol. The molecule has 5 aromatic rings. The van der Waals surface area contributed by atoms with E-state index in [2.05, 4.69) is 20.6 Å². The Hall–Kier alpha value is -4.93. The topological polar surface area (TPSA) is 109 Å². The average molecular weight is 661 g/mol. The van der Waals surface area contributed by atoms with Gasteiger partial charge in [0.1, 0.15) is 11.6 Å². The lowest BCUT2D eigenvalue weighted by Crippen LogP contribution is -2.13. The number of aromatic nitrogens is 6. The van der Waals surface area contributed by atoms with E-state index < -0.39 is 41.3 Å². The molecule has 0 aliphatic rings. The number of nitrogen functional groups attached to an aromatic ring is 1. The highest BCUT2D eigenvalue weighted by Crippen LogP contribution is 2.34. The standard InChI is InChI=1S/C16H12ClF4N5O.C11H9F4N3/c1-25-7-10(17)14(24-25)15(27)22-8-3-4-9(11(18)5-8)12-6-13(16(19,20)21)23-26(12)2;1-18-9(5-10(17-18)11(13,14)15)7-3-2-6(16)4-8(7)12/h3-7H,1-2H3,(H,22,27);2-5H,16H2,1H3. The van der Waals surface area contributed by atoms with Crippen molar-refractivity contribution in [1.29, 1.82) is 0 Å². The molecule has 1 amide bonds. The van der Waals surface area contributed by atoms with Crippen molar-refractivity contribution in [2.75, 3.05) is 11.1 Å². The Bertz CT molecular complexity index is 1870. The Kier molecular flexibility index (Phi) is 8.95. The van der Waals surface area contributed by atoms with Crippen LogP contribution in [0.25, 0.3) is 22.5 Å². The molecule has 3 heterocycles. The van der Waals surface area contributed by atoms with E-state index in [-0.39, 0.29) is 44.6 Å². The zero-order valence-corrected chi connectivity index (χ0v) is 24.0. The third-order valence-corrected chi connectivity index (χ3v) is 6.39. The van der Waals surface area contributed by atoms with Crippen LogP contribution in [-0.4, -0.2) is 35.2 Å². The van der Waals surface area contributed by atoms with Crippen molar-refractivity contribution >= 4 is 28.9 Å². The molecule has 0 fully saturated rings. The maximum Gasteiger partial charge on any atom is 0.435 e. The smallest absolute Gasteiger partial charge is 0.399 e. The van der Waals surface area contributed by atoms with E-state index in [4.69, 9.17) is 17.3 Å². The van der Waals surface area contributed by atoms with Gasteiger partial charge in [0.15, 0.2) is 17.1 Å². The average Bonchev–Trinajstić information content (AvgIpc) is 3.60. The van der Waals surface area contributed by atoms with Gasteiger partial charge in [0.05, 0.1) is 16.4 Å². The van der Waals surface area contributed by atoms with Gasteiger partial charge in [-0.2, -0.15) is 41.6 Å². The molecule has 238 valence electrons. The fourth-order valence-corrected chi connectivity index (χ4v) is 4.32. The molecule has 45 heavy (non-hydrogen) atoms. The summed E-state index contributed by atoms with van der Waals surface area (Å²) in [6.07, 6.45) is -7.76. The normalized spacial score (nSPS) is 11.7. The van der Waals surface area contributed by atoms with Gasteiger partial charge in [0.2, 0.25) is 0 Å². The van der Waals surface area contributed by atoms with Crippen LogP contribution < -0.4 is 11.1 Å². The Morgan fingerprint density at radius 1 is 0.778 bits per heavy atom. The summed E-state index contributed by atoms with van der Waals surface area (Å²) in [6.45, 7) is 0. The van der Waals surface area contributed by atoms with Crippen LogP contribution >= 0.6 is 11.6 Å². The molecule has 0 spiro atoms. The molecule has 0 aliphatic heterocycles. The van der Waals surface area contributed by atoms with Crippen LogP contribution in [0.4, 0.5) is 46.5 Å². The number of nitrogens with two attached hydrogens (primary N) is 1. The molecule has 0 bridgehead atoms. The molecule has 3 N–H and O–H groups in total. The van der Waals surface area contributed by atoms with E-state index in [1.54, 1.807) is 7.05 Å². The van der Waals surface area contributed by atoms with Crippen molar-refractivity contribution in [3.8, 4) is 22.5 Å². The zero-order valence-electron chi connectivity index (χ0n) is 23.3. The molecular weight excluding hydrogens is 640 g/mol. The number of alkyl halides is 6. The van der Waals surface area contributed by atoms with Gasteiger partial charge in [0.25, 0.3) is 5.91 Å². The van der Waals surface area contributed by atoms with Crippen LogP contribution in [-0.2, 0) is 33.5 Å². The lowest BCUT2D eigenvalue weighted by molar-refractivity contribution is -0.142. The first-order valence-electron chi connectivity index (χ1n) is 12.4. The fourth-order valence-electron chi connectivity index (χ4n) is 4.06. The van der Waals surface area contributed by atoms with Gasteiger partial charge < -0.3 is 11.1 Å². The molecule has 3 aromatic heterocycles. The number of carbonyl (C=O) groups is 1. The second-order valence-electron chi connectivity index (χ2n) is 9.46. The van der Waals surface area contributed by atoms with Crippen LogP contribution in [0.5, 0.6) is 0 Å². The predicted molar refractivity (Wildman–Crippen MR) is 148 cm³/mol. The van der Waals surface area contributed by atoms with Crippen molar-refractivity contribution in [1.82, 2.24) is 29.3 Å². The van der Waals surface area contributed by atoms with E-state index in [0.29, 0.717) is 0 Å². The van der Waals surface area contributed by atoms with Crippen LogP contribution in [0.1, 0.15) is 21.9 Å². The molecule has 0 saturated heterocycles. The molecule has 0 aliphatic carbocycles. The highest BCUT2D eigenvalue weighted by Gasteiger charge is 2.36. The van der Waals surface area contributed by atoms with Crippen LogP contribution in [0.2, 0.25) is 5.02 Å². The van der Waals surface area contributed by atoms with E-state index in [0.717, 1.165) is 33.6 Å². The van der Waals surface area contributed by atoms with Crippen LogP contribution in [0.15, 0.2) is 54.7 Å². The number of nitrogens with one attached hydrogen (secondary N) is 1. The summed E-state index contributed by atoms with van der Waals surface area (Å²) in [6, 6.07) is 8.94. The predicted octanol–water partition coefficient (Wildman–Crippen LogP) is 6.71. The lowest BCUT2D eigenvalue weighted by atomic mass is 10.1. The summed E-state index contributed by atoms with van der Waals surface area (Å²) in [5.74, 6) is -2.16. The number of rotatable bonds is 4. The third-order valence-electron chi connectivity index (χ3n) is 6.11. The first-order valence-corrected chi connectivity index (χ1v) is 12.8. The maximum atomic E-state index is 14.4. The largest absolute Gasteiger partial charge is 0.435 e. The van der Waals surface area contributed by atoms with Crippen molar-refractivity contribution in [3.05, 3.63) is 88.5 Å². The molecule has 2 aromatic carbocycles. The Labute approximate surface area is 253 Å². The third kappa shape index (κ3) is 7.42. The first kappa shape index (κ1) is 33.0. The summed E-state index contributed by atoms with van der Waals surface area (Å²) in [7, 11) is 4.18. The number of nitrogens with zero attached hydrogens (tertiary/aromatic N) is 6. The van der Waals surface area contributed by atoms with Gasteiger partial charge in [-0.3, -0.25) is 18.8 Å². The number of carbonyl (C=O) groups excluding carboxylic acids is 1. The van der Waals surface area contributed by atoms with Gasteiger partial charge >= 0.3 is 12.4 Å². The maximum absolute atomic E-state index is 14.4. The minimum atomic E-state index is -4.64. The van der Waals surface area contributed by atoms with E-state index in [9.17, 15) is 39.9 Å². The van der Waals surface area contributed by atoms with Crippen molar-refractivity contribution < 1.29 is 39.9 Å². The number of amides is 1. The van der Waals surface area contributed by atoms with Crippen molar-refractivity contribution in [2.24, 2.45) is 21.1 Å². The van der Waals surface area contributed by atoms with E-state index in [1.807, 2.05) is 0 Å². The number of aryl methyl sites for hydroxylation is 3. The zero-order chi connectivity index (χ0) is 33.4. The molecule has 9 nitrogen and oxygen atoms in total. The van der Waals surface area contributed by atoms with Gasteiger partial charge in [-0.1, -0.05) is 11.6 Å². The van der Waals surface area contributed by atoms with Crippen molar-refractivity contribution in [2.45, 2.75) is 12.4 Å². The second kappa shape index (κ2) is 12.2. The van der Waals surface area contributed by atoms with Gasteiger partial charge in [-0.05, 0) is 48.5 Å². The highest BCUT2D eigenvalue weighted by atomic mass is 35.5. The molecular formula is C27H21ClF8N8O. The fraction of sp³-hybridized carbons (Fsp3) is 0.185. The van der Waals surface area contributed by atoms with Crippen LogP contribution in [0, 0.1) is 11.6 Å². The molecule has 0 atom stereocenters. The van der Waals surface area contributed by atoms with E-state index >= 15 is 0 Å². The summed E-state index contributed by atoms with van der Waals surface area (Å²) in [5.41, 5.74) is 3.38. The molecule has 0 radical (unpaired) electrons. The van der Waals surface area contributed by atoms with Gasteiger partial charge in [-0.15, -0.1) is 0 Å². The van der Waals surface area contributed by atoms with Crippen molar-refractivity contribution in [3.63, 3.8) is 0 Å². The first-order chi connectivity index (χ1) is 20.8. The number of hydrogen-bond acceptors (Lipinski definition) is 5. The van der Waals surface area contributed by atoms with E-state index in [1.165, 1.54) is 49.2 Å². The number of halogens is 9. The van der Waals surface area contributed by atoms with Gasteiger partial charge in [0, 0.05) is 49.8 Å². The Morgan fingerprint density at radius 3 is 1.67 bits per heavy atom. The summed E-state index contributed by atoms with van der Waals surface area (Å²) >= 11 is 5.88. The minimum absolute atomic E-state index is 0.0229. The Balaban J connectivity index is 0.000000222. The summed E-state index contributed by atoms with van der Waals surface area (Å²) in [4.78, 5) is 12.1. The molecule has 18 heteroatoms. The molecule has 0 unspecified atom stereocenters. The SMILES string of the molecule is Cn1cc(Cl)c(C(=O)Nc2ccc(-c3cc(C(F)(F)F)nn3C)c(F)c2)n1.Cn1nc(C(F)(F)F)cc1-c1ccc(N)cc1F. The second-order valence-corrected chi connectivity index (χ2v) is 9.87. The summed E-state index contributed by atoms with van der Waals surface area (Å²) < 4.78 is 107. The van der Waals surface area contributed by atoms with Gasteiger partial charge in [-0.25, -0.2) is 8.78 Å². The number of benzene rings is 2. The molecule has 0 saturated carbocycles. The lowest BCUT2D eigenvalue weighted by Gasteiger charge is -2.08. The highest BCUT2D eigenvalue weighted by molar-refractivity contribution is 6.34. The minimum Gasteiger partial charge on any atom is -0.399 e. The summed E-state index contributed by atoms with van der Waals surface area (Å²) in [5, 5.41) is 13.1. The Morgan fingerprint density at radius 2 is 1.27 bits per heavy atom. The molecule has 5 rings (SSSR count). The quantitative estimate of drug-likeness (QED) is 0.165.